The van der Waals surface area contributed by atoms with E-state index in [1.54, 1.807) is 6.07 Å². The van der Waals surface area contributed by atoms with E-state index in [2.05, 4.69) is 57.4 Å². The Kier molecular flexibility index (Phi) is 7.60. The van der Waals surface area contributed by atoms with E-state index < -0.39 is 0 Å². The molecule has 2 rings (SSSR count). The Hall–Kier alpha value is -1.03. The van der Waals surface area contributed by atoms with Crippen LogP contribution in [0.2, 0.25) is 0 Å². The van der Waals surface area contributed by atoms with Gasteiger partial charge in [-0.1, -0.05) is 6.92 Å². The first kappa shape index (κ1) is 19.3. The van der Waals surface area contributed by atoms with Crippen molar-refractivity contribution < 1.29 is 14.3 Å². The fraction of sp³-hybridized carbons (Fsp3) is 0.278. The second kappa shape index (κ2) is 9.45. The van der Waals surface area contributed by atoms with Gasteiger partial charge >= 0.3 is 0 Å². The van der Waals surface area contributed by atoms with Crippen molar-refractivity contribution in [2.24, 2.45) is 0 Å². The zero-order chi connectivity index (χ0) is 17.5. The van der Waals surface area contributed by atoms with E-state index >= 15 is 0 Å². The smallest absolute Gasteiger partial charge is 0.255 e. The molecule has 4 nitrogen and oxygen atoms in total. The van der Waals surface area contributed by atoms with Gasteiger partial charge < -0.3 is 14.8 Å². The molecule has 1 N–H and O–H groups in total. The summed E-state index contributed by atoms with van der Waals surface area (Å²) in [5.41, 5.74) is 1.31. The Balaban J connectivity index is 2.25. The van der Waals surface area contributed by atoms with E-state index in [1.807, 2.05) is 37.3 Å². The Morgan fingerprint density at radius 2 is 1.79 bits per heavy atom. The Morgan fingerprint density at radius 3 is 2.42 bits per heavy atom. The molecule has 0 radical (unpaired) electrons. The van der Waals surface area contributed by atoms with Gasteiger partial charge in [0.25, 0.3) is 5.91 Å². The van der Waals surface area contributed by atoms with Crippen LogP contribution < -0.4 is 14.8 Å². The molecule has 6 heteroatoms. The van der Waals surface area contributed by atoms with Crippen LogP contribution in [0.25, 0.3) is 0 Å². The summed E-state index contributed by atoms with van der Waals surface area (Å²) in [6, 6.07) is 11.2. The molecule has 0 aliphatic carbocycles. The molecule has 24 heavy (non-hydrogen) atoms. The molecule has 0 unspecified atom stereocenters. The highest BCUT2D eigenvalue weighted by Crippen LogP contribution is 2.34. The predicted molar refractivity (Wildman–Crippen MR) is 113 cm³/mol. The van der Waals surface area contributed by atoms with E-state index in [9.17, 15) is 4.79 Å². The van der Waals surface area contributed by atoms with Crippen LogP contribution >= 0.6 is 45.2 Å². The minimum absolute atomic E-state index is 0.169. The van der Waals surface area contributed by atoms with Gasteiger partial charge in [-0.05, 0) is 94.9 Å². The van der Waals surface area contributed by atoms with Crippen LogP contribution in [-0.2, 0) is 0 Å². The standard InChI is InChI=1S/C18H19I2NO3/c1-3-9-24-17-15(20)10-12(11-16(17)23-4-2)18(22)21-14-7-5-13(19)6-8-14/h5-8,10-11H,3-4,9H2,1-2H3,(H,21,22). The molecule has 128 valence electrons. The van der Waals surface area contributed by atoms with Crippen molar-refractivity contribution in [1.82, 2.24) is 0 Å². The quantitative estimate of drug-likeness (QED) is 0.474. The summed E-state index contributed by atoms with van der Waals surface area (Å²) < 4.78 is 13.4. The number of hydrogen-bond acceptors (Lipinski definition) is 3. The summed E-state index contributed by atoms with van der Waals surface area (Å²) >= 11 is 4.40. The molecule has 0 aliphatic rings. The third kappa shape index (κ3) is 5.23. The molecule has 1 amide bonds. The zero-order valence-electron chi connectivity index (χ0n) is 13.6. The minimum atomic E-state index is -0.169. The van der Waals surface area contributed by atoms with Crippen molar-refractivity contribution >= 4 is 56.8 Å². The SMILES string of the molecule is CCCOc1c(I)cc(C(=O)Nc2ccc(I)cc2)cc1OCC. The first-order valence-electron chi connectivity index (χ1n) is 7.71. The van der Waals surface area contributed by atoms with Gasteiger partial charge in [-0.2, -0.15) is 0 Å². The van der Waals surface area contributed by atoms with Crippen LogP contribution in [0.15, 0.2) is 36.4 Å². The molecule has 0 saturated heterocycles. The molecule has 0 aliphatic heterocycles. The van der Waals surface area contributed by atoms with Crippen LogP contribution in [0.4, 0.5) is 5.69 Å². The maximum absolute atomic E-state index is 12.5. The highest BCUT2D eigenvalue weighted by Gasteiger charge is 2.16. The third-order valence-electron chi connectivity index (χ3n) is 3.12. The van der Waals surface area contributed by atoms with Gasteiger partial charge in [-0.3, -0.25) is 4.79 Å². The van der Waals surface area contributed by atoms with Crippen molar-refractivity contribution in [2.45, 2.75) is 20.3 Å². The molecule has 2 aromatic carbocycles. The van der Waals surface area contributed by atoms with Gasteiger partial charge in [0.05, 0.1) is 16.8 Å². The van der Waals surface area contributed by atoms with Gasteiger partial charge in [0.1, 0.15) is 0 Å². The average molecular weight is 551 g/mol. The molecule has 0 atom stereocenters. The zero-order valence-corrected chi connectivity index (χ0v) is 17.9. The van der Waals surface area contributed by atoms with E-state index in [1.165, 1.54) is 0 Å². The topological polar surface area (TPSA) is 47.6 Å². The van der Waals surface area contributed by atoms with Crippen molar-refractivity contribution in [2.75, 3.05) is 18.5 Å². The molecule has 0 bridgehead atoms. The maximum atomic E-state index is 12.5. The molecule has 0 spiro atoms. The summed E-state index contributed by atoms with van der Waals surface area (Å²) in [5.74, 6) is 1.13. The van der Waals surface area contributed by atoms with Crippen LogP contribution in [0.5, 0.6) is 11.5 Å². The number of ether oxygens (including phenoxy) is 2. The lowest BCUT2D eigenvalue weighted by molar-refractivity contribution is 0.102. The predicted octanol–water partition coefficient (Wildman–Crippen LogP) is 5.34. The number of benzene rings is 2. The van der Waals surface area contributed by atoms with E-state index in [-0.39, 0.29) is 5.91 Å². The molecule has 2 aromatic rings. The number of anilines is 1. The number of rotatable bonds is 7. The lowest BCUT2D eigenvalue weighted by Gasteiger charge is -2.15. The van der Waals surface area contributed by atoms with Crippen molar-refractivity contribution in [3.8, 4) is 11.5 Å². The Labute approximate surface area is 169 Å². The fourth-order valence-corrected chi connectivity index (χ4v) is 3.16. The van der Waals surface area contributed by atoms with Gasteiger partial charge in [0.2, 0.25) is 0 Å². The number of amides is 1. The van der Waals surface area contributed by atoms with Crippen LogP contribution in [0.1, 0.15) is 30.6 Å². The normalized spacial score (nSPS) is 10.3. The third-order valence-corrected chi connectivity index (χ3v) is 4.64. The molecular formula is C18H19I2NO3. The molecular weight excluding hydrogens is 532 g/mol. The summed E-state index contributed by atoms with van der Waals surface area (Å²) in [7, 11) is 0. The van der Waals surface area contributed by atoms with Crippen molar-refractivity contribution in [1.29, 1.82) is 0 Å². The van der Waals surface area contributed by atoms with E-state index in [0.717, 1.165) is 19.2 Å². The highest BCUT2D eigenvalue weighted by atomic mass is 127. The number of carbonyl (C=O) groups excluding carboxylic acids is 1. The fourth-order valence-electron chi connectivity index (χ4n) is 2.04. The second-order valence-corrected chi connectivity index (χ2v) is 7.44. The van der Waals surface area contributed by atoms with Crippen molar-refractivity contribution in [3.63, 3.8) is 0 Å². The number of hydrogen-bond donors (Lipinski definition) is 1. The van der Waals surface area contributed by atoms with Gasteiger partial charge in [-0.25, -0.2) is 0 Å². The molecule has 0 fully saturated rings. The number of nitrogens with one attached hydrogen (secondary N) is 1. The van der Waals surface area contributed by atoms with E-state index in [4.69, 9.17) is 9.47 Å². The second-order valence-electron chi connectivity index (χ2n) is 5.03. The summed E-state index contributed by atoms with van der Waals surface area (Å²) in [4.78, 5) is 12.5. The van der Waals surface area contributed by atoms with Gasteiger partial charge in [-0.15, -0.1) is 0 Å². The summed E-state index contributed by atoms with van der Waals surface area (Å²) in [6.07, 6.45) is 0.913. The average Bonchev–Trinajstić information content (AvgIpc) is 2.56. The first-order valence-corrected chi connectivity index (χ1v) is 9.87. The lowest BCUT2D eigenvalue weighted by atomic mass is 10.1. The van der Waals surface area contributed by atoms with Gasteiger partial charge in [0.15, 0.2) is 11.5 Å². The Bertz CT molecular complexity index is 702. The number of halogens is 2. The van der Waals surface area contributed by atoms with Crippen molar-refractivity contribution in [3.05, 3.63) is 49.1 Å². The van der Waals surface area contributed by atoms with Crippen LogP contribution in [0.3, 0.4) is 0 Å². The van der Waals surface area contributed by atoms with E-state index in [0.29, 0.717) is 30.3 Å². The first-order chi connectivity index (χ1) is 11.5. The molecule has 0 heterocycles. The molecule has 0 aromatic heterocycles. The summed E-state index contributed by atoms with van der Waals surface area (Å²) in [6.45, 7) is 5.09. The molecule has 0 saturated carbocycles. The van der Waals surface area contributed by atoms with Gasteiger partial charge in [0, 0.05) is 14.8 Å². The Morgan fingerprint density at radius 1 is 1.08 bits per heavy atom. The summed E-state index contributed by atoms with van der Waals surface area (Å²) in [5, 5.41) is 2.90. The largest absolute Gasteiger partial charge is 0.490 e. The van der Waals surface area contributed by atoms with Crippen LogP contribution in [-0.4, -0.2) is 19.1 Å². The van der Waals surface area contributed by atoms with Crippen LogP contribution in [0, 0.1) is 7.14 Å². The lowest BCUT2D eigenvalue weighted by Crippen LogP contribution is -2.13. The highest BCUT2D eigenvalue weighted by molar-refractivity contribution is 14.1. The minimum Gasteiger partial charge on any atom is -0.490 e. The number of carbonyl (C=O) groups is 1. The monoisotopic (exact) mass is 551 g/mol. The maximum Gasteiger partial charge on any atom is 0.255 e.